The molecular formula is C5H10S2. The molecule has 1 saturated carbocycles. The highest BCUT2D eigenvalue weighted by Crippen LogP contribution is 2.37. The second kappa shape index (κ2) is 2.31. The van der Waals surface area contributed by atoms with Crippen molar-refractivity contribution < 1.29 is 0 Å². The van der Waals surface area contributed by atoms with E-state index in [-0.39, 0.29) is 0 Å². The van der Waals surface area contributed by atoms with Crippen molar-refractivity contribution in [1.82, 2.24) is 0 Å². The Morgan fingerprint density at radius 1 is 1.71 bits per heavy atom. The molecule has 1 rings (SSSR count). The molecule has 0 amide bonds. The molecule has 0 nitrogen and oxygen atoms in total. The zero-order valence-corrected chi connectivity index (χ0v) is 6.14. The van der Waals surface area contributed by atoms with Gasteiger partial charge in [0.2, 0.25) is 0 Å². The zero-order valence-electron chi connectivity index (χ0n) is 4.42. The van der Waals surface area contributed by atoms with E-state index >= 15 is 0 Å². The highest BCUT2D eigenvalue weighted by molar-refractivity contribution is 8.10. The summed E-state index contributed by atoms with van der Waals surface area (Å²) in [5.41, 5.74) is 0. The first-order valence-electron chi connectivity index (χ1n) is 2.62. The van der Waals surface area contributed by atoms with E-state index in [1.54, 1.807) is 0 Å². The molecule has 2 heteroatoms. The van der Waals surface area contributed by atoms with E-state index in [1.165, 1.54) is 12.8 Å². The first-order valence-corrected chi connectivity index (χ1v) is 4.08. The number of hydrogen-bond donors (Lipinski definition) is 1. The van der Waals surface area contributed by atoms with E-state index in [1.807, 2.05) is 11.8 Å². The van der Waals surface area contributed by atoms with Crippen molar-refractivity contribution in [3.8, 4) is 0 Å². The highest BCUT2D eigenvalue weighted by Gasteiger charge is 2.22. The minimum absolute atomic E-state index is 0.549. The molecule has 0 radical (unpaired) electrons. The van der Waals surface area contributed by atoms with E-state index in [0.717, 1.165) is 5.25 Å². The van der Waals surface area contributed by atoms with Crippen LogP contribution in [0.3, 0.4) is 0 Å². The van der Waals surface area contributed by atoms with Gasteiger partial charge in [0.05, 0.1) is 0 Å². The monoisotopic (exact) mass is 134 g/mol. The molecule has 0 bridgehead atoms. The lowest BCUT2D eigenvalue weighted by Gasteiger charge is -1.97. The molecule has 1 aliphatic carbocycles. The summed E-state index contributed by atoms with van der Waals surface area (Å²) >= 11 is 6.22. The summed E-state index contributed by atoms with van der Waals surface area (Å²) in [4.78, 5) is 0. The van der Waals surface area contributed by atoms with Crippen LogP contribution < -0.4 is 0 Å². The molecule has 0 aliphatic heterocycles. The molecule has 0 N–H and O–H groups in total. The Balaban J connectivity index is 1.97. The van der Waals surface area contributed by atoms with Gasteiger partial charge in [0.1, 0.15) is 0 Å². The summed E-state index contributed by atoms with van der Waals surface area (Å²) < 4.78 is 0.549. The third-order valence-corrected chi connectivity index (χ3v) is 2.53. The normalized spacial score (nSPS) is 24.9. The van der Waals surface area contributed by atoms with Crippen LogP contribution in [0.2, 0.25) is 0 Å². The Morgan fingerprint density at radius 2 is 2.29 bits per heavy atom. The average Bonchev–Trinajstić information content (AvgIpc) is 2.17. The van der Waals surface area contributed by atoms with E-state index in [9.17, 15) is 0 Å². The summed E-state index contributed by atoms with van der Waals surface area (Å²) in [6.45, 7) is 2.13. The largest absolute Gasteiger partial charge is 0.165 e. The molecule has 0 saturated heterocycles. The summed E-state index contributed by atoms with van der Waals surface area (Å²) in [5.74, 6) is 0. The maximum Gasteiger partial charge on any atom is 0.0447 e. The van der Waals surface area contributed by atoms with Crippen molar-refractivity contribution in [1.29, 1.82) is 0 Å². The van der Waals surface area contributed by atoms with E-state index < -0.39 is 0 Å². The lowest BCUT2D eigenvalue weighted by molar-refractivity contribution is 1.39. The van der Waals surface area contributed by atoms with Gasteiger partial charge in [-0.3, -0.25) is 0 Å². The van der Waals surface area contributed by atoms with E-state index in [4.69, 9.17) is 0 Å². The van der Waals surface area contributed by atoms with Crippen LogP contribution in [0.15, 0.2) is 0 Å². The predicted octanol–water partition coefficient (Wildman–Crippen LogP) is 2.16. The van der Waals surface area contributed by atoms with E-state index in [2.05, 4.69) is 19.6 Å². The van der Waals surface area contributed by atoms with Crippen LogP contribution in [-0.2, 0) is 0 Å². The Labute approximate surface area is 54.5 Å². The summed E-state index contributed by atoms with van der Waals surface area (Å²) in [6, 6.07) is 0. The molecule has 0 aromatic carbocycles. The van der Waals surface area contributed by atoms with Crippen LogP contribution in [0.1, 0.15) is 19.8 Å². The van der Waals surface area contributed by atoms with Crippen LogP contribution >= 0.6 is 24.4 Å². The van der Waals surface area contributed by atoms with Crippen LogP contribution in [0.4, 0.5) is 0 Å². The van der Waals surface area contributed by atoms with Crippen molar-refractivity contribution in [2.75, 3.05) is 0 Å². The topological polar surface area (TPSA) is 0 Å². The molecular weight excluding hydrogens is 124 g/mol. The van der Waals surface area contributed by atoms with Crippen LogP contribution in [0.5, 0.6) is 0 Å². The van der Waals surface area contributed by atoms with Crippen molar-refractivity contribution in [2.24, 2.45) is 0 Å². The minimum atomic E-state index is 0.549. The van der Waals surface area contributed by atoms with Gasteiger partial charge in [-0.1, -0.05) is 0 Å². The molecule has 0 aromatic heterocycles. The predicted molar refractivity (Wildman–Crippen MR) is 39.1 cm³/mol. The standard InChI is InChI=1S/C5H10S2/c1-4(6)7-5-2-3-5/h4-6H,2-3H2,1H3. The van der Waals surface area contributed by atoms with E-state index in [0.29, 0.717) is 4.58 Å². The summed E-state index contributed by atoms with van der Waals surface area (Å²) in [5, 5.41) is 0.965. The smallest absolute Gasteiger partial charge is 0.0447 e. The van der Waals surface area contributed by atoms with Crippen LogP contribution in [0.25, 0.3) is 0 Å². The Hall–Kier alpha value is 0.700. The average molecular weight is 134 g/mol. The zero-order chi connectivity index (χ0) is 5.28. The van der Waals surface area contributed by atoms with Gasteiger partial charge in [-0.25, -0.2) is 0 Å². The van der Waals surface area contributed by atoms with Gasteiger partial charge in [-0.05, 0) is 19.8 Å². The number of thiol groups is 1. The molecule has 1 aliphatic rings. The quantitative estimate of drug-likeness (QED) is 0.446. The van der Waals surface area contributed by atoms with Crippen molar-refractivity contribution in [2.45, 2.75) is 29.6 Å². The SMILES string of the molecule is CC(S)SC1CC1. The molecule has 1 unspecified atom stereocenters. The molecule has 42 valence electrons. The lowest BCUT2D eigenvalue weighted by atomic mass is 10.9. The Kier molecular flexibility index (Phi) is 1.93. The van der Waals surface area contributed by atoms with Crippen molar-refractivity contribution >= 4 is 24.4 Å². The minimum Gasteiger partial charge on any atom is -0.165 e. The Bertz CT molecular complexity index is 57.1. The van der Waals surface area contributed by atoms with Crippen LogP contribution in [0, 0.1) is 0 Å². The number of rotatable bonds is 2. The third-order valence-electron chi connectivity index (χ3n) is 0.914. The maximum absolute atomic E-state index is 4.24. The van der Waals surface area contributed by atoms with Gasteiger partial charge < -0.3 is 0 Å². The van der Waals surface area contributed by atoms with Gasteiger partial charge in [0, 0.05) is 9.83 Å². The van der Waals surface area contributed by atoms with Gasteiger partial charge in [0.25, 0.3) is 0 Å². The lowest BCUT2D eigenvalue weighted by Crippen LogP contribution is -1.82. The fourth-order valence-corrected chi connectivity index (χ4v) is 1.96. The molecule has 0 aromatic rings. The maximum atomic E-state index is 4.24. The van der Waals surface area contributed by atoms with Gasteiger partial charge >= 0.3 is 0 Å². The molecule has 0 spiro atoms. The first kappa shape index (κ1) is 5.83. The first-order chi connectivity index (χ1) is 3.29. The third kappa shape index (κ3) is 2.50. The van der Waals surface area contributed by atoms with Crippen molar-refractivity contribution in [3.05, 3.63) is 0 Å². The number of thioether (sulfide) groups is 1. The highest BCUT2D eigenvalue weighted by atomic mass is 32.2. The summed E-state index contributed by atoms with van der Waals surface area (Å²) in [6.07, 6.45) is 2.85. The van der Waals surface area contributed by atoms with Crippen molar-refractivity contribution in [3.63, 3.8) is 0 Å². The molecule has 7 heavy (non-hydrogen) atoms. The van der Waals surface area contributed by atoms with Gasteiger partial charge in [0.15, 0.2) is 0 Å². The number of hydrogen-bond acceptors (Lipinski definition) is 2. The van der Waals surface area contributed by atoms with Gasteiger partial charge in [-0.2, -0.15) is 12.6 Å². The fraction of sp³-hybridized carbons (Fsp3) is 1.00. The van der Waals surface area contributed by atoms with Gasteiger partial charge in [-0.15, -0.1) is 11.8 Å². The molecule has 1 fully saturated rings. The second-order valence-corrected chi connectivity index (χ2v) is 4.70. The molecule has 1 atom stereocenters. The van der Waals surface area contributed by atoms with Crippen LogP contribution in [-0.4, -0.2) is 9.83 Å². The molecule has 0 heterocycles. The second-order valence-electron chi connectivity index (χ2n) is 1.93. The Morgan fingerprint density at radius 3 is 2.43 bits per heavy atom. The summed E-state index contributed by atoms with van der Waals surface area (Å²) in [7, 11) is 0. The fourth-order valence-electron chi connectivity index (χ4n) is 0.483.